The van der Waals surface area contributed by atoms with Crippen molar-refractivity contribution in [1.82, 2.24) is 9.55 Å². The van der Waals surface area contributed by atoms with Crippen LogP contribution in [-0.4, -0.2) is 9.55 Å². The molecular formula is C12H18N2. The lowest BCUT2D eigenvalue weighted by Gasteiger charge is -2.08. The predicted molar refractivity (Wildman–Crippen MR) is 61.0 cm³/mol. The average molecular weight is 190 g/mol. The highest BCUT2D eigenvalue weighted by Gasteiger charge is 2.01. The predicted octanol–water partition coefficient (Wildman–Crippen LogP) is 3.41. The molecule has 0 spiro atoms. The lowest BCUT2D eigenvalue weighted by molar-refractivity contribution is 0.977. The van der Waals surface area contributed by atoms with Crippen molar-refractivity contribution in [2.45, 2.75) is 33.6 Å². The molecule has 14 heavy (non-hydrogen) atoms. The minimum absolute atomic E-state index is 1.14. The lowest BCUT2D eigenvalue weighted by atomic mass is 10.1. The van der Waals surface area contributed by atoms with E-state index in [9.17, 15) is 0 Å². The highest BCUT2D eigenvalue weighted by atomic mass is 15.0. The molecule has 0 N–H and O–H groups in total. The summed E-state index contributed by atoms with van der Waals surface area (Å²) in [5, 5.41) is 0. The molecule has 0 atom stereocenters. The Morgan fingerprint density at radius 1 is 1.29 bits per heavy atom. The van der Waals surface area contributed by atoms with Crippen molar-refractivity contribution in [3.8, 4) is 0 Å². The zero-order chi connectivity index (χ0) is 10.4. The van der Waals surface area contributed by atoms with Gasteiger partial charge in [-0.05, 0) is 25.8 Å². The van der Waals surface area contributed by atoms with Crippen LogP contribution in [0.25, 0.3) is 5.70 Å². The van der Waals surface area contributed by atoms with E-state index < -0.39 is 0 Å². The summed E-state index contributed by atoms with van der Waals surface area (Å²) in [5.41, 5.74) is 2.43. The van der Waals surface area contributed by atoms with Crippen LogP contribution >= 0.6 is 0 Å². The maximum atomic E-state index is 4.09. The van der Waals surface area contributed by atoms with E-state index in [1.807, 2.05) is 26.4 Å². The molecule has 0 aromatic carbocycles. The fraction of sp³-hybridized carbons (Fsp3) is 0.417. The van der Waals surface area contributed by atoms with Crippen LogP contribution in [0.1, 0.15) is 32.4 Å². The molecule has 0 saturated heterocycles. The number of aromatic nitrogens is 2. The van der Waals surface area contributed by atoms with E-state index >= 15 is 0 Å². The summed E-state index contributed by atoms with van der Waals surface area (Å²) >= 11 is 0. The second kappa shape index (κ2) is 5.43. The first-order valence-electron chi connectivity index (χ1n) is 5.24. The van der Waals surface area contributed by atoms with Crippen molar-refractivity contribution in [2.75, 3.05) is 0 Å². The standard InChI is InChI=1S/C10H12N2.C2H6/c1-9-7-11-8-12(9)10-5-3-2-4-6-10;1-2/h3,5-8H,2,4H2,1H3;1-2H3. The molecule has 1 aliphatic rings. The van der Waals surface area contributed by atoms with Crippen molar-refractivity contribution < 1.29 is 0 Å². The van der Waals surface area contributed by atoms with E-state index in [-0.39, 0.29) is 0 Å². The van der Waals surface area contributed by atoms with Gasteiger partial charge in [0.2, 0.25) is 0 Å². The van der Waals surface area contributed by atoms with Gasteiger partial charge in [-0.25, -0.2) is 4.98 Å². The van der Waals surface area contributed by atoms with Gasteiger partial charge in [-0.1, -0.05) is 26.0 Å². The van der Waals surface area contributed by atoms with Crippen molar-refractivity contribution in [3.05, 3.63) is 36.4 Å². The number of aryl methyl sites for hydroxylation is 1. The number of nitrogens with zero attached hydrogens (tertiary/aromatic N) is 2. The van der Waals surface area contributed by atoms with Gasteiger partial charge in [0.15, 0.2) is 0 Å². The third-order valence-corrected chi connectivity index (χ3v) is 2.08. The minimum atomic E-state index is 1.14. The normalized spacial score (nSPS) is 14.4. The highest BCUT2D eigenvalue weighted by molar-refractivity contribution is 5.58. The number of hydrogen-bond donors (Lipinski definition) is 0. The number of hydrogen-bond acceptors (Lipinski definition) is 1. The lowest BCUT2D eigenvalue weighted by Crippen LogP contribution is -1.97. The van der Waals surface area contributed by atoms with Crippen molar-refractivity contribution in [3.63, 3.8) is 0 Å². The summed E-state index contributed by atoms with van der Waals surface area (Å²) in [6.45, 7) is 6.07. The molecule has 0 fully saturated rings. The second-order valence-corrected chi connectivity index (χ2v) is 3.01. The summed E-state index contributed by atoms with van der Waals surface area (Å²) < 4.78 is 2.11. The monoisotopic (exact) mass is 190 g/mol. The maximum Gasteiger partial charge on any atom is 0.0993 e. The van der Waals surface area contributed by atoms with E-state index in [0.717, 1.165) is 12.8 Å². The Hall–Kier alpha value is -1.31. The Morgan fingerprint density at radius 2 is 2.07 bits per heavy atom. The molecule has 1 aromatic rings. The van der Waals surface area contributed by atoms with Gasteiger partial charge >= 0.3 is 0 Å². The third-order valence-electron chi connectivity index (χ3n) is 2.08. The molecule has 0 aliphatic heterocycles. The van der Waals surface area contributed by atoms with Crippen LogP contribution in [0.5, 0.6) is 0 Å². The smallest absolute Gasteiger partial charge is 0.0993 e. The fourth-order valence-electron chi connectivity index (χ4n) is 1.41. The van der Waals surface area contributed by atoms with Crippen LogP contribution in [0.3, 0.4) is 0 Å². The topological polar surface area (TPSA) is 17.8 Å². The molecule has 2 rings (SSSR count). The van der Waals surface area contributed by atoms with Gasteiger partial charge < -0.3 is 4.57 Å². The van der Waals surface area contributed by atoms with Crippen LogP contribution in [0.4, 0.5) is 0 Å². The first-order chi connectivity index (χ1) is 6.88. The molecule has 0 unspecified atom stereocenters. The molecule has 1 aliphatic carbocycles. The summed E-state index contributed by atoms with van der Waals surface area (Å²) in [7, 11) is 0. The van der Waals surface area contributed by atoms with E-state index in [0.29, 0.717) is 0 Å². The molecule has 1 heterocycles. The summed E-state index contributed by atoms with van der Waals surface area (Å²) in [6.07, 6.45) is 12.6. The van der Waals surface area contributed by atoms with Gasteiger partial charge in [0.05, 0.1) is 6.33 Å². The Kier molecular flexibility index (Phi) is 4.17. The van der Waals surface area contributed by atoms with Gasteiger partial charge in [0.25, 0.3) is 0 Å². The molecule has 0 bridgehead atoms. The van der Waals surface area contributed by atoms with E-state index in [4.69, 9.17) is 0 Å². The average Bonchev–Trinajstić information content (AvgIpc) is 2.69. The molecule has 1 aromatic heterocycles. The van der Waals surface area contributed by atoms with Gasteiger partial charge in [0.1, 0.15) is 0 Å². The zero-order valence-corrected chi connectivity index (χ0v) is 9.20. The fourth-order valence-corrected chi connectivity index (χ4v) is 1.41. The summed E-state index contributed by atoms with van der Waals surface area (Å²) in [6, 6.07) is 0. The Balaban J connectivity index is 0.000000461. The van der Waals surface area contributed by atoms with Crippen LogP contribution in [0, 0.1) is 6.92 Å². The van der Waals surface area contributed by atoms with E-state index in [1.165, 1.54) is 11.4 Å². The molecular weight excluding hydrogens is 172 g/mol. The zero-order valence-electron chi connectivity index (χ0n) is 9.20. The van der Waals surface area contributed by atoms with Crippen LogP contribution < -0.4 is 0 Å². The molecule has 2 nitrogen and oxygen atoms in total. The largest absolute Gasteiger partial charge is 0.304 e. The summed E-state index contributed by atoms with van der Waals surface area (Å²) in [5.74, 6) is 0. The molecule has 0 amide bonds. The highest BCUT2D eigenvalue weighted by Crippen LogP contribution is 2.15. The van der Waals surface area contributed by atoms with Gasteiger partial charge in [-0.2, -0.15) is 0 Å². The first kappa shape index (κ1) is 10.8. The van der Waals surface area contributed by atoms with Crippen molar-refractivity contribution in [1.29, 1.82) is 0 Å². The maximum absolute atomic E-state index is 4.09. The molecule has 0 radical (unpaired) electrons. The molecule has 76 valence electrons. The quantitative estimate of drug-likeness (QED) is 0.663. The van der Waals surface area contributed by atoms with Crippen LogP contribution in [0.2, 0.25) is 0 Å². The van der Waals surface area contributed by atoms with E-state index in [1.54, 1.807) is 0 Å². The van der Waals surface area contributed by atoms with Gasteiger partial charge in [-0.3, -0.25) is 0 Å². The number of rotatable bonds is 1. The minimum Gasteiger partial charge on any atom is -0.304 e. The number of allylic oxidation sites excluding steroid dienone is 4. The van der Waals surface area contributed by atoms with Crippen molar-refractivity contribution >= 4 is 5.70 Å². The Bertz CT molecular complexity index is 332. The Labute approximate surface area is 86.0 Å². The van der Waals surface area contributed by atoms with E-state index in [2.05, 4.69) is 34.7 Å². The van der Waals surface area contributed by atoms with Gasteiger partial charge in [-0.15, -0.1) is 0 Å². The SMILES string of the molecule is CC.Cc1cncn1C1=CCCC=C1. The number of imidazole rings is 1. The first-order valence-corrected chi connectivity index (χ1v) is 5.24. The van der Waals surface area contributed by atoms with Crippen LogP contribution in [-0.2, 0) is 0 Å². The van der Waals surface area contributed by atoms with Crippen LogP contribution in [0.15, 0.2) is 30.8 Å². The summed E-state index contributed by atoms with van der Waals surface area (Å²) in [4.78, 5) is 4.09. The Morgan fingerprint density at radius 3 is 2.57 bits per heavy atom. The van der Waals surface area contributed by atoms with Crippen molar-refractivity contribution in [2.24, 2.45) is 0 Å². The third kappa shape index (κ3) is 2.34. The molecule has 2 heteroatoms. The second-order valence-electron chi connectivity index (χ2n) is 3.01. The van der Waals surface area contributed by atoms with Gasteiger partial charge in [0, 0.05) is 17.6 Å². The molecule has 0 saturated carbocycles.